The smallest absolute Gasteiger partial charge is 0.100 e. The van der Waals surface area contributed by atoms with Gasteiger partial charge in [0.2, 0.25) is 0 Å². The Balaban J connectivity index is 3.00. The van der Waals surface area contributed by atoms with Gasteiger partial charge in [0.05, 0.1) is 0 Å². The van der Waals surface area contributed by atoms with Crippen LogP contribution in [0.25, 0.3) is 0 Å². The van der Waals surface area contributed by atoms with Gasteiger partial charge >= 0.3 is 0 Å². The van der Waals surface area contributed by atoms with Gasteiger partial charge in [-0.3, -0.25) is 0 Å². The van der Waals surface area contributed by atoms with Crippen LogP contribution < -0.4 is 0 Å². The third-order valence-corrected chi connectivity index (χ3v) is 1.35. The van der Waals surface area contributed by atoms with Gasteiger partial charge in [-0.2, -0.15) is 0 Å². The quantitative estimate of drug-likeness (QED) is 0.589. The van der Waals surface area contributed by atoms with Crippen molar-refractivity contribution in [1.29, 1.82) is 0 Å². The van der Waals surface area contributed by atoms with Crippen molar-refractivity contribution < 1.29 is 14.6 Å². The summed E-state index contributed by atoms with van der Waals surface area (Å²) in [5.41, 5.74) is 0. The molecule has 0 saturated carbocycles. The number of halogens is 1. The Hall–Kier alpha value is -0.150. The first-order valence-electron chi connectivity index (χ1n) is 3.67. The van der Waals surface area contributed by atoms with Crippen molar-refractivity contribution in [3.63, 3.8) is 0 Å². The van der Waals surface area contributed by atoms with Crippen molar-refractivity contribution in [3.8, 4) is 0 Å². The molecule has 10 heavy (non-hydrogen) atoms. The van der Waals surface area contributed by atoms with Crippen LogP contribution in [0.1, 0.15) is 25.7 Å². The topological polar surface area (TPSA) is 40.5 Å². The molecule has 3 heteroatoms. The third-order valence-electron chi connectivity index (χ3n) is 1.35. The van der Waals surface area contributed by atoms with Crippen molar-refractivity contribution >= 4 is 0 Å². The van der Waals surface area contributed by atoms with E-state index in [-0.39, 0.29) is 13.2 Å². The lowest BCUT2D eigenvalue weighted by Gasteiger charge is -2.04. The van der Waals surface area contributed by atoms with Gasteiger partial charge < -0.3 is 10.2 Å². The van der Waals surface area contributed by atoms with E-state index < -0.39 is 6.17 Å². The van der Waals surface area contributed by atoms with E-state index in [1.807, 2.05) is 0 Å². The van der Waals surface area contributed by atoms with Gasteiger partial charge in [-0.25, -0.2) is 4.39 Å². The van der Waals surface area contributed by atoms with Crippen LogP contribution >= 0.6 is 0 Å². The second-order valence-corrected chi connectivity index (χ2v) is 2.33. The maximum absolute atomic E-state index is 12.6. The van der Waals surface area contributed by atoms with Crippen LogP contribution in [-0.2, 0) is 0 Å². The molecule has 2 N–H and O–H groups in total. The summed E-state index contributed by atoms with van der Waals surface area (Å²) in [6, 6.07) is 0. The van der Waals surface area contributed by atoms with Crippen LogP contribution in [0.3, 0.4) is 0 Å². The predicted molar refractivity (Wildman–Crippen MR) is 37.5 cm³/mol. The molecule has 0 fully saturated rings. The molecule has 0 aliphatic rings. The number of aliphatic hydroxyl groups excluding tert-OH is 2. The van der Waals surface area contributed by atoms with Gasteiger partial charge in [-0.1, -0.05) is 0 Å². The molecule has 0 unspecified atom stereocenters. The maximum atomic E-state index is 12.6. The largest absolute Gasteiger partial charge is 0.396 e. The van der Waals surface area contributed by atoms with Gasteiger partial charge in [0, 0.05) is 13.2 Å². The molecule has 0 rings (SSSR count). The molecule has 0 spiro atoms. The molecule has 0 aliphatic heterocycles. The summed E-state index contributed by atoms with van der Waals surface area (Å²) >= 11 is 0. The lowest BCUT2D eigenvalue weighted by atomic mass is 10.1. The first-order valence-corrected chi connectivity index (χ1v) is 3.67. The first kappa shape index (κ1) is 9.85. The summed E-state index contributed by atoms with van der Waals surface area (Å²) in [6.45, 7) is 0.110. The summed E-state index contributed by atoms with van der Waals surface area (Å²) in [6.07, 6.45) is 1.02. The SMILES string of the molecule is OCCCC(F)CCCO. The summed E-state index contributed by atoms with van der Waals surface area (Å²) < 4.78 is 12.6. The molecule has 0 aliphatic carbocycles. The van der Waals surface area contributed by atoms with Crippen molar-refractivity contribution in [3.05, 3.63) is 0 Å². The zero-order valence-electron chi connectivity index (χ0n) is 6.09. The van der Waals surface area contributed by atoms with Crippen LogP contribution in [0.15, 0.2) is 0 Å². The zero-order chi connectivity index (χ0) is 7.82. The zero-order valence-corrected chi connectivity index (χ0v) is 6.09. The highest BCUT2D eigenvalue weighted by atomic mass is 19.1. The highest BCUT2D eigenvalue weighted by Crippen LogP contribution is 2.07. The van der Waals surface area contributed by atoms with Crippen LogP contribution in [0.2, 0.25) is 0 Å². The number of hydrogen-bond donors (Lipinski definition) is 2. The summed E-state index contributed by atoms with van der Waals surface area (Å²) in [7, 11) is 0. The Morgan fingerprint density at radius 1 is 1.00 bits per heavy atom. The Bertz CT molecular complexity index is 60.6. The molecule has 0 radical (unpaired) electrons. The van der Waals surface area contributed by atoms with Crippen LogP contribution in [0.5, 0.6) is 0 Å². The Morgan fingerprint density at radius 2 is 1.40 bits per heavy atom. The summed E-state index contributed by atoms with van der Waals surface area (Å²) in [5, 5.41) is 16.6. The third kappa shape index (κ3) is 5.98. The molecule has 0 heterocycles. The molecule has 0 amide bonds. The number of aliphatic hydroxyl groups is 2. The summed E-state index contributed by atoms with van der Waals surface area (Å²) in [4.78, 5) is 0. The van der Waals surface area contributed by atoms with E-state index in [2.05, 4.69) is 0 Å². The summed E-state index contributed by atoms with van der Waals surface area (Å²) in [5.74, 6) is 0. The monoisotopic (exact) mass is 150 g/mol. The maximum Gasteiger partial charge on any atom is 0.100 e. The number of hydrogen-bond acceptors (Lipinski definition) is 2. The van der Waals surface area contributed by atoms with Crippen molar-refractivity contribution in [1.82, 2.24) is 0 Å². The van der Waals surface area contributed by atoms with Crippen molar-refractivity contribution in [2.45, 2.75) is 31.9 Å². The molecule has 0 atom stereocenters. The molecule has 0 aromatic carbocycles. The molecule has 0 bridgehead atoms. The van der Waals surface area contributed by atoms with Gasteiger partial charge in [0.15, 0.2) is 0 Å². The van der Waals surface area contributed by atoms with Crippen LogP contribution in [-0.4, -0.2) is 29.6 Å². The molecule has 0 aromatic heterocycles. The Kier molecular flexibility index (Phi) is 6.86. The molecule has 2 nitrogen and oxygen atoms in total. The number of alkyl halides is 1. The minimum Gasteiger partial charge on any atom is -0.396 e. The standard InChI is InChI=1S/C7H15FO2/c8-7(3-1-5-9)4-2-6-10/h7,9-10H,1-6H2. The molecular formula is C7H15FO2. The lowest BCUT2D eigenvalue weighted by Crippen LogP contribution is -2.02. The van der Waals surface area contributed by atoms with E-state index in [9.17, 15) is 4.39 Å². The lowest BCUT2D eigenvalue weighted by molar-refractivity contribution is 0.216. The minimum atomic E-state index is -0.848. The molecule has 0 aromatic rings. The van der Waals surface area contributed by atoms with Gasteiger partial charge in [0.1, 0.15) is 6.17 Å². The van der Waals surface area contributed by atoms with Crippen molar-refractivity contribution in [2.75, 3.05) is 13.2 Å². The Labute approximate surface area is 60.7 Å². The second-order valence-electron chi connectivity index (χ2n) is 2.33. The minimum absolute atomic E-state index is 0.0551. The Morgan fingerprint density at radius 3 is 1.70 bits per heavy atom. The van der Waals surface area contributed by atoms with Gasteiger partial charge in [0.25, 0.3) is 0 Å². The fourth-order valence-electron chi connectivity index (χ4n) is 0.770. The van der Waals surface area contributed by atoms with Gasteiger partial charge in [-0.15, -0.1) is 0 Å². The second kappa shape index (κ2) is 6.96. The highest BCUT2D eigenvalue weighted by Gasteiger charge is 2.03. The van der Waals surface area contributed by atoms with E-state index in [0.29, 0.717) is 25.7 Å². The average molecular weight is 150 g/mol. The molecular weight excluding hydrogens is 135 g/mol. The molecule has 62 valence electrons. The highest BCUT2D eigenvalue weighted by molar-refractivity contribution is 4.55. The molecule has 0 saturated heterocycles. The van der Waals surface area contributed by atoms with E-state index in [0.717, 1.165) is 0 Å². The van der Waals surface area contributed by atoms with E-state index in [1.54, 1.807) is 0 Å². The van der Waals surface area contributed by atoms with Crippen LogP contribution in [0, 0.1) is 0 Å². The van der Waals surface area contributed by atoms with Crippen LogP contribution in [0.4, 0.5) is 4.39 Å². The fraction of sp³-hybridized carbons (Fsp3) is 1.00. The van der Waals surface area contributed by atoms with Crippen molar-refractivity contribution in [2.24, 2.45) is 0 Å². The first-order chi connectivity index (χ1) is 4.81. The van der Waals surface area contributed by atoms with E-state index in [4.69, 9.17) is 10.2 Å². The van der Waals surface area contributed by atoms with E-state index >= 15 is 0 Å². The fourth-order valence-corrected chi connectivity index (χ4v) is 0.770. The van der Waals surface area contributed by atoms with E-state index in [1.165, 1.54) is 0 Å². The average Bonchev–Trinajstić information content (AvgIpc) is 1.97. The normalized spacial score (nSPS) is 10.8. The predicted octanol–water partition coefficient (Wildman–Crippen LogP) is 0.869. The number of rotatable bonds is 6. The van der Waals surface area contributed by atoms with Gasteiger partial charge in [-0.05, 0) is 25.7 Å².